The van der Waals surface area contributed by atoms with Crippen molar-refractivity contribution in [3.63, 3.8) is 0 Å². The van der Waals surface area contributed by atoms with Gasteiger partial charge in [0, 0.05) is 28.5 Å². The van der Waals surface area contributed by atoms with Crippen LogP contribution in [0.15, 0.2) is 33.3 Å². The number of nitrogens with zero attached hydrogens (tertiary/aromatic N) is 2. The predicted octanol–water partition coefficient (Wildman–Crippen LogP) is 3.87. The molecule has 0 aliphatic heterocycles. The van der Waals surface area contributed by atoms with Crippen molar-refractivity contribution < 1.29 is 13.9 Å². The molecule has 6 heteroatoms. The van der Waals surface area contributed by atoms with Gasteiger partial charge in [0.05, 0.1) is 19.3 Å². The average molecular weight is 385 g/mol. The third-order valence-electron chi connectivity index (χ3n) is 3.47. The molecule has 23 heavy (non-hydrogen) atoms. The number of oxazole rings is 1. The Hall–Kier alpha value is -1.24. The maximum Gasteiger partial charge on any atom is 0.208 e. The minimum Gasteiger partial charge on any atom is -0.444 e. The number of halogens is 2. The zero-order valence-corrected chi connectivity index (χ0v) is 15.2. The van der Waals surface area contributed by atoms with Crippen LogP contribution in [0.5, 0.6) is 0 Å². The molecule has 1 heterocycles. The standard InChI is InChI=1S/C17H22BrFN2O2/c1-17(2,3)15-9-20-16(23-15)11-21(6-7-22)10-12-8-13(18)4-5-14(12)19/h4-5,8-9,22H,6-7,10-11H2,1-3H3. The van der Waals surface area contributed by atoms with E-state index in [9.17, 15) is 9.50 Å². The van der Waals surface area contributed by atoms with Crippen molar-refractivity contribution in [1.82, 2.24) is 9.88 Å². The molecule has 2 rings (SSSR count). The van der Waals surface area contributed by atoms with Gasteiger partial charge in [-0.05, 0) is 18.2 Å². The Morgan fingerprint density at radius 1 is 1.30 bits per heavy atom. The Morgan fingerprint density at radius 3 is 2.65 bits per heavy atom. The van der Waals surface area contributed by atoms with Crippen LogP contribution in [0, 0.1) is 5.82 Å². The Morgan fingerprint density at radius 2 is 2.04 bits per heavy atom. The molecule has 0 radical (unpaired) electrons. The average Bonchev–Trinajstić information content (AvgIpc) is 2.92. The number of aliphatic hydroxyl groups is 1. The van der Waals surface area contributed by atoms with Crippen molar-refractivity contribution in [3.8, 4) is 0 Å². The first-order valence-electron chi connectivity index (χ1n) is 7.52. The summed E-state index contributed by atoms with van der Waals surface area (Å²) in [4.78, 5) is 6.20. The van der Waals surface area contributed by atoms with Crippen LogP contribution in [0.4, 0.5) is 4.39 Å². The summed E-state index contributed by atoms with van der Waals surface area (Å²) < 4.78 is 20.5. The van der Waals surface area contributed by atoms with Crippen LogP contribution in [0.25, 0.3) is 0 Å². The Balaban J connectivity index is 2.12. The topological polar surface area (TPSA) is 49.5 Å². The predicted molar refractivity (Wildman–Crippen MR) is 90.5 cm³/mol. The largest absolute Gasteiger partial charge is 0.444 e. The number of aliphatic hydroxyl groups excluding tert-OH is 1. The van der Waals surface area contributed by atoms with E-state index in [4.69, 9.17) is 4.42 Å². The van der Waals surface area contributed by atoms with E-state index in [0.29, 0.717) is 31.1 Å². The number of benzene rings is 1. The third-order valence-corrected chi connectivity index (χ3v) is 3.96. The molecule has 126 valence electrons. The molecule has 0 fully saturated rings. The highest BCUT2D eigenvalue weighted by Crippen LogP contribution is 2.24. The van der Waals surface area contributed by atoms with Gasteiger partial charge < -0.3 is 9.52 Å². The first-order chi connectivity index (χ1) is 10.8. The van der Waals surface area contributed by atoms with E-state index in [1.807, 2.05) is 4.90 Å². The summed E-state index contributed by atoms with van der Waals surface area (Å²) in [5, 5.41) is 9.26. The number of rotatable bonds is 6. The van der Waals surface area contributed by atoms with Crippen molar-refractivity contribution in [2.45, 2.75) is 39.3 Å². The number of hydrogen-bond acceptors (Lipinski definition) is 4. The first kappa shape index (κ1) is 18.1. The number of hydrogen-bond donors (Lipinski definition) is 1. The van der Waals surface area contributed by atoms with E-state index in [2.05, 4.69) is 41.7 Å². The molecule has 0 aliphatic rings. The lowest BCUT2D eigenvalue weighted by Gasteiger charge is -2.20. The third kappa shape index (κ3) is 5.12. The van der Waals surface area contributed by atoms with Crippen molar-refractivity contribution in [2.24, 2.45) is 0 Å². The zero-order valence-electron chi connectivity index (χ0n) is 13.6. The summed E-state index contributed by atoms with van der Waals surface area (Å²) in [7, 11) is 0. The van der Waals surface area contributed by atoms with E-state index < -0.39 is 0 Å². The molecule has 0 saturated carbocycles. The van der Waals surface area contributed by atoms with Gasteiger partial charge in [-0.25, -0.2) is 9.37 Å². The van der Waals surface area contributed by atoms with Crippen LogP contribution >= 0.6 is 15.9 Å². The molecule has 1 aromatic carbocycles. The quantitative estimate of drug-likeness (QED) is 0.820. The van der Waals surface area contributed by atoms with E-state index in [1.54, 1.807) is 18.3 Å². The Labute approximate surface area is 144 Å². The lowest BCUT2D eigenvalue weighted by Crippen LogP contribution is -2.26. The highest BCUT2D eigenvalue weighted by molar-refractivity contribution is 9.10. The molecular weight excluding hydrogens is 363 g/mol. The molecule has 4 nitrogen and oxygen atoms in total. The van der Waals surface area contributed by atoms with Crippen molar-refractivity contribution in [1.29, 1.82) is 0 Å². The van der Waals surface area contributed by atoms with Gasteiger partial charge in [0.1, 0.15) is 11.6 Å². The van der Waals surface area contributed by atoms with Gasteiger partial charge in [0.15, 0.2) is 0 Å². The van der Waals surface area contributed by atoms with Crippen LogP contribution in [0.1, 0.15) is 38.0 Å². The smallest absolute Gasteiger partial charge is 0.208 e. The molecule has 1 N–H and O–H groups in total. The summed E-state index contributed by atoms with van der Waals surface area (Å²) in [6.45, 7) is 7.36. The van der Waals surface area contributed by atoms with Gasteiger partial charge in [-0.1, -0.05) is 36.7 Å². The van der Waals surface area contributed by atoms with Crippen molar-refractivity contribution >= 4 is 15.9 Å². The van der Waals surface area contributed by atoms with E-state index in [1.165, 1.54) is 6.07 Å². The summed E-state index contributed by atoms with van der Waals surface area (Å²) in [5.41, 5.74) is 0.458. The van der Waals surface area contributed by atoms with Gasteiger partial charge in [-0.2, -0.15) is 0 Å². The molecule has 0 amide bonds. The minimum atomic E-state index is -0.265. The fourth-order valence-corrected chi connectivity index (χ4v) is 2.59. The molecule has 0 saturated heterocycles. The summed E-state index contributed by atoms with van der Waals surface area (Å²) >= 11 is 3.35. The SMILES string of the molecule is CC(C)(C)c1cnc(CN(CCO)Cc2cc(Br)ccc2F)o1. The fourth-order valence-electron chi connectivity index (χ4n) is 2.18. The van der Waals surface area contributed by atoms with Gasteiger partial charge in [0.25, 0.3) is 0 Å². The molecule has 0 unspecified atom stereocenters. The summed E-state index contributed by atoms with van der Waals surface area (Å²) in [5.74, 6) is 1.11. The van der Waals surface area contributed by atoms with Gasteiger partial charge in [-0.15, -0.1) is 0 Å². The second kappa shape index (κ2) is 7.55. The normalized spacial score (nSPS) is 12.1. The first-order valence-corrected chi connectivity index (χ1v) is 8.31. The fraction of sp³-hybridized carbons (Fsp3) is 0.471. The van der Waals surface area contributed by atoms with E-state index >= 15 is 0 Å². The summed E-state index contributed by atoms with van der Waals surface area (Å²) in [6.07, 6.45) is 1.73. The highest BCUT2D eigenvalue weighted by atomic mass is 79.9. The maximum absolute atomic E-state index is 13.9. The van der Waals surface area contributed by atoms with Gasteiger partial charge >= 0.3 is 0 Å². The molecule has 0 bridgehead atoms. The van der Waals surface area contributed by atoms with E-state index in [0.717, 1.165) is 10.2 Å². The van der Waals surface area contributed by atoms with Crippen LogP contribution < -0.4 is 0 Å². The molecule has 0 atom stereocenters. The molecule has 0 spiro atoms. The minimum absolute atomic E-state index is 0.0114. The number of aromatic nitrogens is 1. The second-order valence-electron chi connectivity index (χ2n) is 6.54. The van der Waals surface area contributed by atoms with Crippen LogP contribution in [-0.2, 0) is 18.5 Å². The van der Waals surface area contributed by atoms with E-state index in [-0.39, 0.29) is 17.8 Å². The molecule has 0 aliphatic carbocycles. The second-order valence-corrected chi connectivity index (χ2v) is 7.45. The maximum atomic E-state index is 13.9. The van der Waals surface area contributed by atoms with Crippen LogP contribution in [-0.4, -0.2) is 28.1 Å². The summed E-state index contributed by atoms with van der Waals surface area (Å²) in [6, 6.07) is 4.84. The van der Waals surface area contributed by atoms with Crippen molar-refractivity contribution in [3.05, 3.63) is 51.9 Å². The van der Waals surface area contributed by atoms with Gasteiger partial charge in [-0.3, -0.25) is 4.90 Å². The lowest BCUT2D eigenvalue weighted by molar-refractivity contribution is 0.169. The molecule has 1 aromatic heterocycles. The zero-order chi connectivity index (χ0) is 17.0. The molecule has 2 aromatic rings. The van der Waals surface area contributed by atoms with Gasteiger partial charge in [0.2, 0.25) is 5.89 Å². The van der Waals surface area contributed by atoms with Crippen LogP contribution in [0.3, 0.4) is 0 Å². The van der Waals surface area contributed by atoms with Crippen LogP contribution in [0.2, 0.25) is 0 Å². The molecular formula is C17H22BrFN2O2. The Bertz CT molecular complexity index is 652. The van der Waals surface area contributed by atoms with Crippen molar-refractivity contribution in [2.75, 3.05) is 13.2 Å². The highest BCUT2D eigenvalue weighted by Gasteiger charge is 2.20. The lowest BCUT2D eigenvalue weighted by atomic mass is 9.94. The Kier molecular flexibility index (Phi) is 5.95. The monoisotopic (exact) mass is 384 g/mol.